The van der Waals surface area contributed by atoms with E-state index in [9.17, 15) is 19.2 Å². The van der Waals surface area contributed by atoms with E-state index in [2.05, 4.69) is 0 Å². The third-order valence-electron chi connectivity index (χ3n) is 3.72. The lowest BCUT2D eigenvalue weighted by Crippen LogP contribution is -2.10. The van der Waals surface area contributed by atoms with Crippen LogP contribution in [0.15, 0.2) is 30.3 Å². The molecule has 0 saturated carbocycles. The van der Waals surface area contributed by atoms with E-state index in [1.807, 2.05) is 0 Å². The van der Waals surface area contributed by atoms with Gasteiger partial charge in [-0.05, 0) is 49.2 Å². The second-order valence-corrected chi connectivity index (χ2v) is 5.44. The highest BCUT2D eigenvalue weighted by atomic mass is 16.4. The lowest BCUT2D eigenvalue weighted by molar-refractivity contribution is 0.0676. The molecule has 0 atom stereocenters. The summed E-state index contributed by atoms with van der Waals surface area (Å²) in [6, 6.07) is 6.33. The first-order valence-corrected chi connectivity index (χ1v) is 7.40. The van der Waals surface area contributed by atoms with Gasteiger partial charge in [0.25, 0.3) is 0 Å². The van der Waals surface area contributed by atoms with Gasteiger partial charge in [0.1, 0.15) is 0 Å². The van der Waals surface area contributed by atoms with Crippen molar-refractivity contribution < 1.29 is 39.6 Å². The Balaban J connectivity index is 0.000000277. The molecule has 2 rings (SSSR count). The van der Waals surface area contributed by atoms with Crippen molar-refractivity contribution >= 4 is 29.6 Å². The first-order valence-electron chi connectivity index (χ1n) is 7.40. The molecule has 0 unspecified atom stereocenters. The molecule has 0 spiro atoms. The van der Waals surface area contributed by atoms with Gasteiger partial charge in [-0.25, -0.2) is 19.2 Å². The van der Waals surface area contributed by atoms with Gasteiger partial charge in [0, 0.05) is 5.69 Å². The van der Waals surface area contributed by atoms with Gasteiger partial charge in [0.15, 0.2) is 0 Å². The van der Waals surface area contributed by atoms with Crippen LogP contribution in [-0.2, 0) is 0 Å². The third kappa shape index (κ3) is 5.05. The summed E-state index contributed by atoms with van der Waals surface area (Å²) < 4.78 is 0. The smallest absolute Gasteiger partial charge is 0.336 e. The predicted octanol–water partition coefficient (Wildman–Crippen LogP) is 2.37. The summed E-state index contributed by atoms with van der Waals surface area (Å²) in [6.45, 7) is 3.11. The molecule has 0 saturated heterocycles. The summed E-state index contributed by atoms with van der Waals surface area (Å²) in [7, 11) is 0. The highest BCUT2D eigenvalue weighted by Crippen LogP contribution is 2.24. The molecule has 6 N–H and O–H groups in total. The van der Waals surface area contributed by atoms with Gasteiger partial charge in [-0.15, -0.1) is 0 Å². The monoisotopic (exact) mass is 375 g/mol. The third-order valence-corrected chi connectivity index (χ3v) is 3.72. The number of carboxylic acids is 4. The zero-order chi connectivity index (χ0) is 20.9. The van der Waals surface area contributed by atoms with Crippen LogP contribution in [0.5, 0.6) is 0 Å². The zero-order valence-corrected chi connectivity index (χ0v) is 14.4. The fourth-order valence-electron chi connectivity index (χ4n) is 2.16. The number of hydrogen-bond donors (Lipinski definition) is 5. The van der Waals surface area contributed by atoms with Gasteiger partial charge in [-0.3, -0.25) is 0 Å². The van der Waals surface area contributed by atoms with Crippen LogP contribution in [0.25, 0.3) is 0 Å². The van der Waals surface area contributed by atoms with Crippen molar-refractivity contribution in [2.24, 2.45) is 0 Å². The molecular formula is C18H17NO8. The van der Waals surface area contributed by atoms with Crippen LogP contribution in [-0.4, -0.2) is 44.3 Å². The molecule has 0 heterocycles. The number of benzene rings is 2. The average Bonchev–Trinajstić information content (AvgIpc) is 2.59. The SMILES string of the molecule is Cc1c(C(=O)O)cc(C(=O)O)c(C)c1N.O=C(O)c1cccc(C(=O)O)c1. The van der Waals surface area contributed by atoms with E-state index in [4.69, 9.17) is 26.2 Å². The predicted molar refractivity (Wildman–Crippen MR) is 94.6 cm³/mol. The first-order chi connectivity index (χ1) is 12.5. The van der Waals surface area contributed by atoms with Crippen molar-refractivity contribution in [3.05, 3.63) is 63.7 Å². The molecule has 2 aromatic rings. The van der Waals surface area contributed by atoms with E-state index in [1.54, 1.807) is 13.8 Å². The van der Waals surface area contributed by atoms with Gasteiger partial charge in [-0.1, -0.05) is 6.07 Å². The molecule has 0 radical (unpaired) electrons. The van der Waals surface area contributed by atoms with Crippen molar-refractivity contribution in [2.45, 2.75) is 13.8 Å². The minimum Gasteiger partial charge on any atom is -0.478 e. The van der Waals surface area contributed by atoms with Crippen molar-refractivity contribution in [1.82, 2.24) is 0 Å². The summed E-state index contributed by atoms with van der Waals surface area (Å²) in [5.41, 5.74) is 6.45. The Bertz CT molecular complexity index is 866. The summed E-state index contributed by atoms with van der Waals surface area (Å²) in [5, 5.41) is 34.7. The van der Waals surface area contributed by atoms with Gasteiger partial charge in [0.2, 0.25) is 0 Å². The van der Waals surface area contributed by atoms with Crippen LogP contribution in [0.4, 0.5) is 5.69 Å². The first kappa shape index (κ1) is 21.2. The standard InChI is InChI=1S/C10H11NO4.C8H6O4/c1-4-6(9(12)13)3-7(10(14)15)5(2)8(4)11;9-7(10)5-2-1-3-6(4-5)8(11)12/h3H,11H2,1-2H3,(H,12,13)(H,14,15);1-4H,(H,9,10)(H,11,12). The van der Waals surface area contributed by atoms with Gasteiger partial charge >= 0.3 is 23.9 Å². The molecule has 9 heteroatoms. The zero-order valence-electron chi connectivity index (χ0n) is 14.4. The molecule has 0 aliphatic rings. The normalized spacial score (nSPS) is 9.70. The number of hydrogen-bond acceptors (Lipinski definition) is 5. The molecule has 27 heavy (non-hydrogen) atoms. The average molecular weight is 375 g/mol. The van der Waals surface area contributed by atoms with Crippen LogP contribution < -0.4 is 5.73 Å². The van der Waals surface area contributed by atoms with E-state index in [-0.39, 0.29) is 27.9 Å². The number of carbonyl (C=O) groups is 4. The highest BCUT2D eigenvalue weighted by molar-refractivity contribution is 5.98. The molecule has 0 fully saturated rings. The number of nitrogen functional groups attached to an aromatic ring is 1. The maximum atomic E-state index is 10.8. The quantitative estimate of drug-likeness (QED) is 0.502. The second-order valence-electron chi connectivity index (χ2n) is 5.44. The number of anilines is 1. The molecule has 0 aliphatic heterocycles. The molecule has 0 aliphatic carbocycles. The van der Waals surface area contributed by atoms with Gasteiger partial charge < -0.3 is 26.2 Å². The van der Waals surface area contributed by atoms with Crippen LogP contribution in [0.2, 0.25) is 0 Å². The Morgan fingerprint density at radius 2 is 1.07 bits per heavy atom. The molecule has 142 valence electrons. The molecule has 0 bridgehead atoms. The minimum absolute atomic E-state index is 0.0186. The number of aromatic carboxylic acids is 4. The van der Waals surface area contributed by atoms with Crippen LogP contribution in [0.3, 0.4) is 0 Å². The van der Waals surface area contributed by atoms with E-state index in [0.29, 0.717) is 11.1 Å². The molecule has 0 amide bonds. The molecule has 9 nitrogen and oxygen atoms in total. The molecule has 2 aromatic carbocycles. The summed E-state index contributed by atoms with van der Waals surface area (Å²) >= 11 is 0. The van der Waals surface area contributed by atoms with E-state index >= 15 is 0 Å². The summed E-state index contributed by atoms with van der Waals surface area (Å²) in [5.74, 6) is -4.61. The number of carboxylic acid groups (broad SMARTS) is 4. The largest absolute Gasteiger partial charge is 0.478 e. The highest BCUT2D eigenvalue weighted by Gasteiger charge is 2.18. The summed E-state index contributed by atoms with van der Waals surface area (Å²) in [4.78, 5) is 42.4. The Hall–Kier alpha value is -3.88. The Morgan fingerprint density at radius 3 is 1.37 bits per heavy atom. The lowest BCUT2D eigenvalue weighted by atomic mass is 9.97. The maximum Gasteiger partial charge on any atom is 0.336 e. The number of nitrogens with two attached hydrogens (primary N) is 1. The van der Waals surface area contributed by atoms with Crippen molar-refractivity contribution in [3.63, 3.8) is 0 Å². The molecule has 0 aromatic heterocycles. The topological polar surface area (TPSA) is 175 Å². The van der Waals surface area contributed by atoms with Gasteiger partial charge in [-0.2, -0.15) is 0 Å². The van der Waals surface area contributed by atoms with Crippen molar-refractivity contribution in [1.29, 1.82) is 0 Å². The van der Waals surface area contributed by atoms with E-state index in [1.165, 1.54) is 18.2 Å². The second kappa shape index (κ2) is 8.48. The number of rotatable bonds is 4. The van der Waals surface area contributed by atoms with Crippen LogP contribution in [0.1, 0.15) is 52.6 Å². The fraction of sp³-hybridized carbons (Fsp3) is 0.111. The Morgan fingerprint density at radius 1 is 0.704 bits per heavy atom. The van der Waals surface area contributed by atoms with E-state index < -0.39 is 23.9 Å². The van der Waals surface area contributed by atoms with Crippen LogP contribution >= 0.6 is 0 Å². The van der Waals surface area contributed by atoms with Gasteiger partial charge in [0.05, 0.1) is 22.3 Å². The summed E-state index contributed by atoms with van der Waals surface area (Å²) in [6.07, 6.45) is 0. The van der Waals surface area contributed by atoms with E-state index in [0.717, 1.165) is 12.1 Å². The lowest BCUT2D eigenvalue weighted by Gasteiger charge is -2.10. The Labute approximate surface area is 153 Å². The maximum absolute atomic E-state index is 10.8. The fourth-order valence-corrected chi connectivity index (χ4v) is 2.16. The van der Waals surface area contributed by atoms with Crippen molar-refractivity contribution in [3.8, 4) is 0 Å². The molecular weight excluding hydrogens is 358 g/mol. The minimum atomic E-state index is -1.18. The van der Waals surface area contributed by atoms with Crippen molar-refractivity contribution in [2.75, 3.05) is 5.73 Å². The Kier molecular flexibility index (Phi) is 6.64. The van der Waals surface area contributed by atoms with Crippen LogP contribution in [0, 0.1) is 13.8 Å².